The van der Waals surface area contributed by atoms with E-state index >= 15 is 0 Å². The first-order chi connectivity index (χ1) is 15.1. The van der Waals surface area contributed by atoms with Crippen LogP contribution in [0.15, 0.2) is 36.5 Å². The van der Waals surface area contributed by atoms with E-state index in [1.165, 1.54) is 31.5 Å². The maximum absolute atomic E-state index is 12.8. The molecule has 2 aromatic rings. The van der Waals surface area contributed by atoms with Crippen LogP contribution in [0.1, 0.15) is 38.2 Å². The molecule has 2 aliphatic heterocycles. The minimum Gasteiger partial charge on any atom is -0.481 e. The highest BCUT2D eigenvalue weighted by Gasteiger charge is 2.26. The van der Waals surface area contributed by atoms with Crippen molar-refractivity contribution in [2.24, 2.45) is 11.8 Å². The molecule has 1 N–H and O–H groups in total. The summed E-state index contributed by atoms with van der Waals surface area (Å²) >= 11 is 0. The number of aromatic nitrogens is 2. The molecule has 1 aromatic heterocycles. The van der Waals surface area contributed by atoms with Crippen LogP contribution in [0.4, 0.5) is 11.6 Å². The zero-order valence-corrected chi connectivity index (χ0v) is 18.6. The van der Waals surface area contributed by atoms with Gasteiger partial charge in [-0.15, -0.1) is 0 Å². The van der Waals surface area contributed by atoms with Gasteiger partial charge in [0.1, 0.15) is 0 Å². The highest BCUT2D eigenvalue weighted by Crippen LogP contribution is 2.24. The first kappa shape index (κ1) is 21.6. The van der Waals surface area contributed by atoms with Gasteiger partial charge in [-0.25, -0.2) is 4.98 Å². The summed E-state index contributed by atoms with van der Waals surface area (Å²) in [4.78, 5) is 26.1. The Hall–Kier alpha value is -2.67. The van der Waals surface area contributed by atoms with E-state index < -0.39 is 0 Å². The van der Waals surface area contributed by atoms with Gasteiger partial charge in [0, 0.05) is 43.5 Å². The van der Waals surface area contributed by atoms with E-state index in [1.807, 2.05) is 12.1 Å². The van der Waals surface area contributed by atoms with E-state index in [0.29, 0.717) is 11.8 Å². The van der Waals surface area contributed by atoms with E-state index in [-0.39, 0.29) is 11.8 Å². The number of methoxy groups -OCH3 is 1. The third-order valence-electron chi connectivity index (χ3n) is 6.48. The molecule has 2 saturated heterocycles. The maximum Gasteiger partial charge on any atom is 0.228 e. The fourth-order valence-corrected chi connectivity index (χ4v) is 4.36. The molecule has 31 heavy (non-hydrogen) atoms. The summed E-state index contributed by atoms with van der Waals surface area (Å²) < 4.78 is 5.18. The smallest absolute Gasteiger partial charge is 0.228 e. The lowest BCUT2D eigenvalue weighted by atomic mass is 9.96. The summed E-state index contributed by atoms with van der Waals surface area (Å²) in [7, 11) is 1.60. The second-order valence-electron chi connectivity index (χ2n) is 8.81. The molecule has 0 atom stereocenters. The largest absolute Gasteiger partial charge is 0.481 e. The summed E-state index contributed by atoms with van der Waals surface area (Å²) in [6.45, 7) is 7.21. The van der Waals surface area contributed by atoms with Gasteiger partial charge < -0.3 is 15.0 Å². The van der Waals surface area contributed by atoms with Gasteiger partial charge in [-0.3, -0.25) is 9.69 Å². The lowest BCUT2D eigenvalue weighted by Gasteiger charge is -2.31. The number of nitrogens with zero attached hydrogens (tertiary/aromatic N) is 4. The van der Waals surface area contributed by atoms with Crippen LogP contribution in [0.3, 0.4) is 0 Å². The average molecular weight is 424 g/mol. The Balaban J connectivity index is 1.25. The molecular weight excluding hydrogens is 390 g/mol. The van der Waals surface area contributed by atoms with E-state index in [9.17, 15) is 4.79 Å². The van der Waals surface area contributed by atoms with Gasteiger partial charge in [-0.05, 0) is 62.4 Å². The number of likely N-dealkylation sites (tertiary alicyclic amines) is 1. The zero-order chi connectivity index (χ0) is 21.6. The van der Waals surface area contributed by atoms with Gasteiger partial charge in [0.15, 0.2) is 0 Å². The molecule has 1 aromatic carbocycles. The second kappa shape index (κ2) is 10.1. The third-order valence-corrected chi connectivity index (χ3v) is 6.48. The number of carbonyl (C=O) groups excluding carboxylic acids is 1. The number of amides is 1. The van der Waals surface area contributed by atoms with Gasteiger partial charge >= 0.3 is 0 Å². The average Bonchev–Trinajstić information content (AvgIpc) is 2.82. The molecule has 0 spiro atoms. The second-order valence-corrected chi connectivity index (χ2v) is 8.81. The zero-order valence-electron chi connectivity index (χ0n) is 18.6. The summed E-state index contributed by atoms with van der Waals surface area (Å²) in [5.41, 5.74) is 2.18. The van der Waals surface area contributed by atoms with Crippen LogP contribution < -0.4 is 15.0 Å². The minimum absolute atomic E-state index is 0.0110. The van der Waals surface area contributed by atoms with Crippen LogP contribution in [0.5, 0.6) is 5.88 Å². The van der Waals surface area contributed by atoms with Crippen LogP contribution in [0, 0.1) is 11.8 Å². The Morgan fingerprint density at radius 3 is 2.45 bits per heavy atom. The lowest BCUT2D eigenvalue weighted by molar-refractivity contribution is -0.120. The Morgan fingerprint density at radius 1 is 1.06 bits per heavy atom. The highest BCUT2D eigenvalue weighted by atomic mass is 16.5. The Labute approximate surface area is 184 Å². The molecule has 4 rings (SSSR count). The van der Waals surface area contributed by atoms with Gasteiger partial charge in [0.05, 0.1) is 7.11 Å². The van der Waals surface area contributed by atoms with Crippen LogP contribution in [0.25, 0.3) is 0 Å². The maximum atomic E-state index is 12.8. The van der Waals surface area contributed by atoms with Crippen LogP contribution >= 0.6 is 0 Å². The number of ether oxygens (including phenoxy) is 1. The van der Waals surface area contributed by atoms with Crippen LogP contribution in [-0.2, 0) is 11.3 Å². The van der Waals surface area contributed by atoms with Crippen molar-refractivity contribution >= 4 is 17.5 Å². The molecule has 2 fully saturated rings. The van der Waals surface area contributed by atoms with Crippen LogP contribution in [-0.4, -0.2) is 54.1 Å². The predicted molar refractivity (Wildman–Crippen MR) is 122 cm³/mol. The van der Waals surface area contributed by atoms with Gasteiger partial charge in [-0.1, -0.05) is 19.1 Å². The van der Waals surface area contributed by atoms with Gasteiger partial charge in [-0.2, -0.15) is 4.98 Å². The molecule has 166 valence electrons. The summed E-state index contributed by atoms with van der Waals surface area (Å²) in [5.74, 6) is 2.18. The van der Waals surface area contributed by atoms with Crippen molar-refractivity contribution in [1.29, 1.82) is 0 Å². The Morgan fingerprint density at radius 2 is 1.77 bits per heavy atom. The van der Waals surface area contributed by atoms with Crippen molar-refractivity contribution in [2.45, 2.75) is 39.2 Å². The number of rotatable bonds is 6. The van der Waals surface area contributed by atoms with E-state index in [4.69, 9.17) is 4.74 Å². The summed E-state index contributed by atoms with van der Waals surface area (Å²) in [6.07, 6.45) is 5.86. The number of nitrogens with one attached hydrogen (secondary N) is 1. The molecule has 0 saturated carbocycles. The molecule has 0 unspecified atom stereocenters. The number of benzene rings is 1. The number of hydrogen-bond acceptors (Lipinski definition) is 6. The standard InChI is InChI=1S/C24H33N5O2/c1-18-8-13-28(14-9-18)17-19-3-5-21(6-4-19)26-23(30)20-10-15-29(16-11-20)24-25-12-7-22(27-24)31-2/h3-7,12,18,20H,8-11,13-17H2,1-2H3,(H,26,30). The molecule has 7 nitrogen and oxygen atoms in total. The molecule has 0 radical (unpaired) electrons. The lowest BCUT2D eigenvalue weighted by Crippen LogP contribution is -2.39. The highest BCUT2D eigenvalue weighted by molar-refractivity contribution is 5.92. The van der Waals surface area contributed by atoms with Crippen molar-refractivity contribution in [3.05, 3.63) is 42.1 Å². The van der Waals surface area contributed by atoms with Crippen molar-refractivity contribution in [3.8, 4) is 5.88 Å². The minimum atomic E-state index is 0.0110. The molecule has 0 bridgehead atoms. The Kier molecular flexibility index (Phi) is 7.02. The first-order valence-corrected chi connectivity index (χ1v) is 11.3. The summed E-state index contributed by atoms with van der Waals surface area (Å²) in [5, 5.41) is 3.10. The molecular formula is C24H33N5O2. The van der Waals surface area contributed by atoms with Crippen LogP contribution in [0.2, 0.25) is 0 Å². The quantitative estimate of drug-likeness (QED) is 0.766. The molecule has 3 heterocycles. The predicted octanol–water partition coefficient (Wildman–Crippen LogP) is 3.57. The fraction of sp³-hybridized carbons (Fsp3) is 0.542. The van der Waals surface area contributed by atoms with Crippen molar-refractivity contribution < 1.29 is 9.53 Å². The van der Waals surface area contributed by atoms with Gasteiger partial charge in [0.2, 0.25) is 17.7 Å². The van der Waals surface area contributed by atoms with Crippen molar-refractivity contribution in [1.82, 2.24) is 14.9 Å². The normalized spacial score (nSPS) is 18.7. The molecule has 1 amide bonds. The number of carbonyl (C=O) groups is 1. The first-order valence-electron chi connectivity index (χ1n) is 11.3. The number of anilines is 2. The van der Waals surface area contributed by atoms with Crippen molar-refractivity contribution in [3.63, 3.8) is 0 Å². The third kappa shape index (κ3) is 5.73. The monoisotopic (exact) mass is 423 g/mol. The molecule has 7 heteroatoms. The van der Waals surface area contributed by atoms with E-state index in [0.717, 1.165) is 44.1 Å². The van der Waals surface area contributed by atoms with E-state index in [1.54, 1.807) is 19.4 Å². The molecule has 0 aliphatic carbocycles. The number of hydrogen-bond donors (Lipinski definition) is 1. The van der Waals surface area contributed by atoms with Crippen molar-refractivity contribution in [2.75, 3.05) is 43.5 Å². The summed E-state index contributed by atoms with van der Waals surface area (Å²) in [6, 6.07) is 10.1. The molecule has 2 aliphatic rings. The van der Waals surface area contributed by atoms with Gasteiger partial charge in [0.25, 0.3) is 0 Å². The fourth-order valence-electron chi connectivity index (χ4n) is 4.36. The topological polar surface area (TPSA) is 70.6 Å². The number of piperidine rings is 2. The Bertz CT molecular complexity index is 857. The van der Waals surface area contributed by atoms with E-state index in [2.05, 4.69) is 44.1 Å². The SMILES string of the molecule is COc1ccnc(N2CCC(C(=O)Nc3ccc(CN4CCC(C)CC4)cc3)CC2)n1.